The molecule has 0 unspecified atom stereocenters. The van der Waals surface area contributed by atoms with Crippen LogP contribution in [0.5, 0.6) is 0 Å². The Kier molecular flexibility index (Phi) is 2.45. The van der Waals surface area contributed by atoms with Gasteiger partial charge in [0.25, 0.3) is 0 Å². The van der Waals surface area contributed by atoms with E-state index in [1.54, 1.807) is 0 Å². The van der Waals surface area contributed by atoms with Crippen LogP contribution in [0.3, 0.4) is 0 Å². The lowest BCUT2D eigenvalue weighted by atomic mass is 9.82. The maximum absolute atomic E-state index is 8.65. The van der Waals surface area contributed by atoms with E-state index in [1.807, 2.05) is 27.7 Å². The fourth-order valence-corrected chi connectivity index (χ4v) is 1.18. The smallest absolute Gasteiger partial charge is 0.0684 e. The van der Waals surface area contributed by atoms with Crippen molar-refractivity contribution in [2.24, 2.45) is 11.1 Å². The highest BCUT2D eigenvalue weighted by Crippen LogP contribution is 2.24. The first-order valence-corrected chi connectivity index (χ1v) is 3.47. The summed E-state index contributed by atoms with van der Waals surface area (Å²) in [5.74, 6) is 0. The molecule has 0 heterocycles. The van der Waals surface area contributed by atoms with E-state index < -0.39 is 0 Å². The Morgan fingerprint density at radius 3 is 1.80 bits per heavy atom. The molecule has 0 radical (unpaired) electrons. The molecule has 0 aliphatic heterocycles. The van der Waals surface area contributed by atoms with Gasteiger partial charge in [-0.05, 0) is 34.1 Å². The van der Waals surface area contributed by atoms with Gasteiger partial charge >= 0.3 is 0 Å². The summed E-state index contributed by atoms with van der Waals surface area (Å²) in [6.07, 6.45) is 0.733. The van der Waals surface area contributed by atoms with Crippen molar-refractivity contribution in [1.29, 1.82) is 5.26 Å². The highest BCUT2D eigenvalue weighted by molar-refractivity contribution is 4.96. The molecular weight excluding hydrogens is 124 g/mol. The van der Waals surface area contributed by atoms with Gasteiger partial charge in [0.2, 0.25) is 0 Å². The molecule has 58 valence electrons. The van der Waals surface area contributed by atoms with Crippen molar-refractivity contribution in [2.75, 3.05) is 0 Å². The molecule has 2 heteroatoms. The lowest BCUT2D eigenvalue weighted by Crippen LogP contribution is -2.36. The Morgan fingerprint density at radius 2 is 1.70 bits per heavy atom. The zero-order valence-corrected chi connectivity index (χ0v) is 7.23. The molecule has 0 saturated heterocycles. The predicted octanol–water partition coefficient (Wildman–Crippen LogP) is 1.66. The second-order valence-corrected chi connectivity index (χ2v) is 4.16. The van der Waals surface area contributed by atoms with Gasteiger partial charge in [-0.3, -0.25) is 0 Å². The van der Waals surface area contributed by atoms with Crippen LogP contribution in [-0.2, 0) is 0 Å². The lowest BCUT2D eigenvalue weighted by molar-refractivity contribution is 0.332. The minimum Gasteiger partial charge on any atom is -0.326 e. The SMILES string of the molecule is CC(C)(N)CC(C)(C)C#N. The van der Waals surface area contributed by atoms with E-state index in [-0.39, 0.29) is 11.0 Å². The first kappa shape index (κ1) is 9.45. The molecule has 0 atom stereocenters. The molecule has 0 aromatic heterocycles. The van der Waals surface area contributed by atoms with Gasteiger partial charge in [-0.1, -0.05) is 0 Å². The van der Waals surface area contributed by atoms with E-state index in [2.05, 4.69) is 6.07 Å². The molecule has 0 amide bonds. The minimum absolute atomic E-state index is 0.237. The first-order valence-electron chi connectivity index (χ1n) is 3.47. The normalized spacial score (nSPS) is 12.8. The van der Waals surface area contributed by atoms with Gasteiger partial charge in [-0.25, -0.2) is 0 Å². The molecule has 0 bridgehead atoms. The fourth-order valence-electron chi connectivity index (χ4n) is 1.18. The highest BCUT2D eigenvalue weighted by atomic mass is 14.7. The van der Waals surface area contributed by atoms with Crippen LogP contribution in [0.4, 0.5) is 0 Å². The van der Waals surface area contributed by atoms with Crippen molar-refractivity contribution < 1.29 is 0 Å². The van der Waals surface area contributed by atoms with E-state index in [0.717, 1.165) is 6.42 Å². The Labute approximate surface area is 63.0 Å². The van der Waals surface area contributed by atoms with Crippen LogP contribution in [-0.4, -0.2) is 5.54 Å². The second-order valence-electron chi connectivity index (χ2n) is 4.16. The zero-order chi connectivity index (χ0) is 8.41. The summed E-state index contributed by atoms with van der Waals surface area (Å²) in [6, 6.07) is 2.22. The lowest BCUT2D eigenvalue weighted by Gasteiger charge is -2.26. The summed E-state index contributed by atoms with van der Waals surface area (Å²) in [5.41, 5.74) is 5.22. The van der Waals surface area contributed by atoms with Crippen molar-refractivity contribution >= 4 is 0 Å². The third-order valence-electron chi connectivity index (χ3n) is 1.20. The molecule has 0 aliphatic carbocycles. The molecule has 2 nitrogen and oxygen atoms in total. The number of nitrogens with zero attached hydrogens (tertiary/aromatic N) is 1. The average Bonchev–Trinajstić information content (AvgIpc) is 1.60. The highest BCUT2D eigenvalue weighted by Gasteiger charge is 2.24. The zero-order valence-electron chi connectivity index (χ0n) is 7.23. The van der Waals surface area contributed by atoms with E-state index >= 15 is 0 Å². The van der Waals surface area contributed by atoms with Crippen LogP contribution in [0.25, 0.3) is 0 Å². The largest absolute Gasteiger partial charge is 0.326 e. The fraction of sp³-hybridized carbons (Fsp3) is 0.875. The van der Waals surface area contributed by atoms with Crippen LogP contribution in [0.2, 0.25) is 0 Å². The Morgan fingerprint density at radius 1 is 1.30 bits per heavy atom. The van der Waals surface area contributed by atoms with Gasteiger partial charge in [0.1, 0.15) is 0 Å². The molecule has 0 aromatic rings. The molecule has 2 N–H and O–H groups in total. The summed E-state index contributed by atoms with van der Waals surface area (Å²) in [7, 11) is 0. The monoisotopic (exact) mass is 140 g/mol. The number of hydrogen-bond acceptors (Lipinski definition) is 2. The molecule has 0 spiro atoms. The standard InChI is InChI=1S/C8H16N2/c1-7(2,6-9)5-8(3,4)10/h5,10H2,1-4H3. The van der Waals surface area contributed by atoms with Crippen molar-refractivity contribution in [3.63, 3.8) is 0 Å². The summed E-state index contributed by atoms with van der Waals surface area (Å²) in [4.78, 5) is 0. The Bertz CT molecular complexity index is 146. The van der Waals surface area contributed by atoms with Crippen molar-refractivity contribution in [3.8, 4) is 6.07 Å². The van der Waals surface area contributed by atoms with Crippen LogP contribution in [0, 0.1) is 16.7 Å². The van der Waals surface area contributed by atoms with Gasteiger partial charge in [-0.2, -0.15) is 5.26 Å². The Hall–Kier alpha value is -0.550. The topological polar surface area (TPSA) is 49.8 Å². The summed E-state index contributed by atoms with van der Waals surface area (Å²) in [6.45, 7) is 7.68. The number of nitrogens with two attached hydrogens (primary N) is 1. The summed E-state index contributed by atoms with van der Waals surface area (Å²) in [5, 5.41) is 8.65. The molecule has 0 rings (SSSR count). The molecular formula is C8H16N2. The quantitative estimate of drug-likeness (QED) is 0.634. The van der Waals surface area contributed by atoms with E-state index in [1.165, 1.54) is 0 Å². The van der Waals surface area contributed by atoms with Gasteiger partial charge in [0.05, 0.1) is 11.5 Å². The number of hydrogen-bond donors (Lipinski definition) is 1. The Balaban J connectivity index is 4.05. The summed E-state index contributed by atoms with van der Waals surface area (Å²) < 4.78 is 0. The number of rotatable bonds is 2. The molecule has 0 aliphatic rings. The second kappa shape index (κ2) is 2.59. The van der Waals surface area contributed by atoms with Gasteiger partial charge in [0.15, 0.2) is 0 Å². The maximum atomic E-state index is 8.65. The minimum atomic E-state index is -0.293. The van der Waals surface area contributed by atoms with Crippen molar-refractivity contribution in [2.45, 2.75) is 39.7 Å². The van der Waals surface area contributed by atoms with E-state index in [4.69, 9.17) is 11.0 Å². The first-order chi connectivity index (χ1) is 4.27. The van der Waals surface area contributed by atoms with Crippen molar-refractivity contribution in [3.05, 3.63) is 0 Å². The summed E-state index contributed by atoms with van der Waals surface area (Å²) >= 11 is 0. The van der Waals surface area contributed by atoms with Gasteiger partial charge in [0, 0.05) is 5.54 Å². The van der Waals surface area contributed by atoms with Gasteiger partial charge in [-0.15, -0.1) is 0 Å². The van der Waals surface area contributed by atoms with Crippen LogP contribution in [0.15, 0.2) is 0 Å². The predicted molar refractivity (Wildman–Crippen MR) is 42.3 cm³/mol. The molecule has 0 fully saturated rings. The molecule has 0 saturated carbocycles. The third kappa shape index (κ3) is 4.34. The molecule has 0 aromatic carbocycles. The van der Waals surface area contributed by atoms with E-state index in [9.17, 15) is 0 Å². The van der Waals surface area contributed by atoms with Crippen LogP contribution in [0.1, 0.15) is 34.1 Å². The third-order valence-corrected chi connectivity index (χ3v) is 1.20. The maximum Gasteiger partial charge on any atom is 0.0684 e. The van der Waals surface area contributed by atoms with Gasteiger partial charge < -0.3 is 5.73 Å². The van der Waals surface area contributed by atoms with E-state index in [0.29, 0.717) is 0 Å². The molecule has 10 heavy (non-hydrogen) atoms. The number of nitriles is 1. The van der Waals surface area contributed by atoms with Crippen LogP contribution < -0.4 is 5.73 Å². The van der Waals surface area contributed by atoms with Crippen molar-refractivity contribution in [1.82, 2.24) is 0 Å². The average molecular weight is 140 g/mol. The van der Waals surface area contributed by atoms with Crippen LogP contribution >= 0.6 is 0 Å².